The molecular formula is C10H20BrNO2. The first-order valence-electron chi connectivity index (χ1n) is 5.21. The second-order valence-corrected chi connectivity index (χ2v) is 4.91. The Labute approximate surface area is 94.6 Å². The van der Waals surface area contributed by atoms with Crippen LogP contribution in [0, 0.1) is 0 Å². The topological polar surface area (TPSA) is 32.7 Å². The molecular weight excluding hydrogens is 246 g/mol. The highest BCUT2D eigenvalue weighted by Gasteiger charge is 2.30. The summed E-state index contributed by atoms with van der Waals surface area (Å²) in [5.41, 5.74) is -0.515. The Morgan fingerprint density at radius 3 is 2.64 bits per heavy atom. The maximum Gasteiger partial charge on any atom is 0.0817 e. The minimum Gasteiger partial charge on any atom is -0.388 e. The minimum absolute atomic E-state index is 0.515. The zero-order valence-corrected chi connectivity index (χ0v) is 10.4. The third-order valence-corrected chi connectivity index (χ3v) is 3.22. The molecule has 0 radical (unpaired) electrons. The minimum atomic E-state index is -0.515. The van der Waals surface area contributed by atoms with Gasteiger partial charge in [0.1, 0.15) is 0 Å². The number of nitrogens with zero attached hydrogens (tertiary/aromatic N) is 1. The average molecular weight is 266 g/mol. The van der Waals surface area contributed by atoms with E-state index in [4.69, 9.17) is 4.74 Å². The fraction of sp³-hybridized carbons (Fsp3) is 1.00. The van der Waals surface area contributed by atoms with E-state index >= 15 is 0 Å². The van der Waals surface area contributed by atoms with Gasteiger partial charge in [-0.2, -0.15) is 0 Å². The van der Waals surface area contributed by atoms with E-state index in [0.717, 1.165) is 37.7 Å². The van der Waals surface area contributed by atoms with Crippen LogP contribution in [0.15, 0.2) is 0 Å². The number of hydrogen-bond acceptors (Lipinski definition) is 3. The first-order chi connectivity index (χ1) is 6.66. The molecule has 0 aliphatic carbocycles. The molecule has 0 saturated carbocycles. The van der Waals surface area contributed by atoms with Crippen LogP contribution in [0.4, 0.5) is 0 Å². The predicted molar refractivity (Wildman–Crippen MR) is 60.9 cm³/mol. The van der Waals surface area contributed by atoms with Gasteiger partial charge in [-0.1, -0.05) is 15.9 Å². The average Bonchev–Trinajstić information content (AvgIpc) is 2.15. The Morgan fingerprint density at radius 1 is 1.43 bits per heavy atom. The molecule has 0 unspecified atom stereocenters. The summed E-state index contributed by atoms with van der Waals surface area (Å²) >= 11 is 3.41. The number of halogens is 1. The van der Waals surface area contributed by atoms with Gasteiger partial charge in [-0.3, -0.25) is 0 Å². The van der Waals surface area contributed by atoms with Crippen molar-refractivity contribution in [2.24, 2.45) is 0 Å². The highest BCUT2D eigenvalue weighted by atomic mass is 79.9. The van der Waals surface area contributed by atoms with E-state index in [1.807, 2.05) is 0 Å². The summed E-state index contributed by atoms with van der Waals surface area (Å²) in [6, 6.07) is 0. The molecule has 3 nitrogen and oxygen atoms in total. The van der Waals surface area contributed by atoms with Gasteiger partial charge in [-0.15, -0.1) is 0 Å². The SMILES string of the molecule is CN(CCCBr)CC1(O)CCOCC1. The van der Waals surface area contributed by atoms with E-state index in [2.05, 4.69) is 27.9 Å². The molecule has 0 atom stereocenters. The van der Waals surface area contributed by atoms with Crippen LogP contribution < -0.4 is 0 Å². The molecule has 0 aromatic carbocycles. The lowest BCUT2D eigenvalue weighted by Gasteiger charge is -2.35. The fourth-order valence-electron chi connectivity index (χ4n) is 1.82. The van der Waals surface area contributed by atoms with E-state index in [-0.39, 0.29) is 0 Å². The van der Waals surface area contributed by atoms with Crippen molar-refractivity contribution < 1.29 is 9.84 Å². The molecule has 1 saturated heterocycles. The van der Waals surface area contributed by atoms with Crippen molar-refractivity contribution in [2.75, 3.05) is 38.7 Å². The lowest BCUT2D eigenvalue weighted by molar-refractivity contribution is -0.0767. The number of aliphatic hydroxyl groups is 1. The Bertz CT molecular complexity index is 160. The molecule has 1 rings (SSSR count). The van der Waals surface area contributed by atoms with Crippen LogP contribution in [0.2, 0.25) is 0 Å². The second kappa shape index (κ2) is 6.05. The largest absolute Gasteiger partial charge is 0.388 e. The van der Waals surface area contributed by atoms with Crippen LogP contribution >= 0.6 is 15.9 Å². The summed E-state index contributed by atoms with van der Waals surface area (Å²) < 4.78 is 5.24. The zero-order chi connectivity index (χ0) is 10.4. The molecule has 0 aromatic heterocycles. The Balaban J connectivity index is 2.25. The number of rotatable bonds is 5. The van der Waals surface area contributed by atoms with Gasteiger partial charge in [0.05, 0.1) is 5.60 Å². The molecule has 1 aliphatic heterocycles. The number of alkyl halides is 1. The van der Waals surface area contributed by atoms with Gasteiger partial charge in [-0.05, 0) is 20.0 Å². The van der Waals surface area contributed by atoms with Crippen molar-refractivity contribution in [3.63, 3.8) is 0 Å². The fourth-order valence-corrected chi connectivity index (χ4v) is 2.07. The molecule has 0 aromatic rings. The van der Waals surface area contributed by atoms with E-state index in [1.54, 1.807) is 0 Å². The van der Waals surface area contributed by atoms with Crippen LogP contribution in [0.25, 0.3) is 0 Å². The van der Waals surface area contributed by atoms with Crippen molar-refractivity contribution in [3.05, 3.63) is 0 Å². The summed E-state index contributed by atoms with van der Waals surface area (Å²) in [4.78, 5) is 2.20. The maximum absolute atomic E-state index is 10.2. The Morgan fingerprint density at radius 2 is 2.07 bits per heavy atom. The summed E-state index contributed by atoms with van der Waals surface area (Å²) in [6.45, 7) is 3.20. The van der Waals surface area contributed by atoms with Crippen LogP contribution in [0.5, 0.6) is 0 Å². The standard InChI is InChI=1S/C10H20BrNO2/c1-12(6-2-5-11)9-10(13)3-7-14-8-4-10/h13H,2-9H2,1H3. The van der Waals surface area contributed by atoms with Crippen molar-refractivity contribution in [3.8, 4) is 0 Å². The number of likely N-dealkylation sites (N-methyl/N-ethyl adjacent to an activating group) is 1. The third-order valence-electron chi connectivity index (χ3n) is 2.66. The van der Waals surface area contributed by atoms with Crippen LogP contribution in [0.1, 0.15) is 19.3 Å². The molecule has 1 N–H and O–H groups in total. The van der Waals surface area contributed by atoms with Crippen molar-refractivity contribution >= 4 is 15.9 Å². The normalized spacial score (nSPS) is 21.4. The van der Waals surface area contributed by atoms with Crippen molar-refractivity contribution in [2.45, 2.75) is 24.9 Å². The monoisotopic (exact) mass is 265 g/mol. The molecule has 14 heavy (non-hydrogen) atoms. The zero-order valence-electron chi connectivity index (χ0n) is 8.84. The Hall–Kier alpha value is 0.360. The van der Waals surface area contributed by atoms with Gasteiger partial charge in [0, 0.05) is 37.9 Å². The van der Waals surface area contributed by atoms with Crippen LogP contribution in [0.3, 0.4) is 0 Å². The summed E-state index contributed by atoms with van der Waals surface area (Å²) in [5, 5.41) is 11.2. The molecule has 1 heterocycles. The molecule has 0 amide bonds. The molecule has 0 bridgehead atoms. The van der Waals surface area contributed by atoms with Crippen LogP contribution in [-0.2, 0) is 4.74 Å². The Kier molecular flexibility index (Phi) is 5.38. The van der Waals surface area contributed by atoms with Gasteiger partial charge in [-0.25, -0.2) is 0 Å². The van der Waals surface area contributed by atoms with Crippen LogP contribution in [-0.4, -0.2) is 54.3 Å². The maximum atomic E-state index is 10.2. The first-order valence-corrected chi connectivity index (χ1v) is 6.33. The number of ether oxygens (including phenoxy) is 1. The van der Waals surface area contributed by atoms with Gasteiger partial charge in [0.25, 0.3) is 0 Å². The first kappa shape index (κ1) is 12.4. The summed E-state index contributed by atoms with van der Waals surface area (Å²) in [7, 11) is 2.07. The quantitative estimate of drug-likeness (QED) is 0.760. The molecule has 1 fully saturated rings. The van der Waals surface area contributed by atoms with Crippen molar-refractivity contribution in [1.82, 2.24) is 4.90 Å². The molecule has 4 heteroatoms. The molecule has 0 spiro atoms. The van der Waals surface area contributed by atoms with E-state index in [1.165, 1.54) is 0 Å². The lowest BCUT2D eigenvalue weighted by atomic mass is 9.94. The molecule has 84 valence electrons. The van der Waals surface area contributed by atoms with E-state index < -0.39 is 5.60 Å². The number of hydrogen-bond donors (Lipinski definition) is 1. The van der Waals surface area contributed by atoms with E-state index in [0.29, 0.717) is 13.2 Å². The lowest BCUT2D eigenvalue weighted by Crippen LogP contribution is -2.45. The summed E-state index contributed by atoms with van der Waals surface area (Å²) in [5.74, 6) is 0. The highest BCUT2D eigenvalue weighted by molar-refractivity contribution is 9.09. The van der Waals surface area contributed by atoms with Gasteiger partial charge in [0.2, 0.25) is 0 Å². The second-order valence-electron chi connectivity index (χ2n) is 4.12. The summed E-state index contributed by atoms with van der Waals surface area (Å²) in [6.07, 6.45) is 2.67. The predicted octanol–water partition coefficient (Wildman–Crippen LogP) is 1.24. The van der Waals surface area contributed by atoms with Gasteiger partial charge in [0.15, 0.2) is 0 Å². The highest BCUT2D eigenvalue weighted by Crippen LogP contribution is 2.21. The molecule has 1 aliphatic rings. The van der Waals surface area contributed by atoms with Gasteiger partial charge < -0.3 is 14.7 Å². The van der Waals surface area contributed by atoms with Gasteiger partial charge >= 0.3 is 0 Å². The van der Waals surface area contributed by atoms with E-state index in [9.17, 15) is 5.11 Å². The van der Waals surface area contributed by atoms with Crippen molar-refractivity contribution in [1.29, 1.82) is 0 Å². The smallest absolute Gasteiger partial charge is 0.0817 e. The third kappa shape index (κ3) is 4.26.